The lowest BCUT2D eigenvalue weighted by atomic mass is 9.96. The van der Waals surface area contributed by atoms with E-state index in [1.807, 2.05) is 6.08 Å². The normalized spacial score (nSPS) is 27.2. The van der Waals surface area contributed by atoms with Crippen molar-refractivity contribution in [2.75, 3.05) is 26.4 Å². The van der Waals surface area contributed by atoms with Gasteiger partial charge in [0.25, 0.3) is 0 Å². The second-order valence-corrected chi connectivity index (χ2v) is 28.5. The zero-order chi connectivity index (χ0) is 68.9. The monoisotopic (exact) mass is 1360 g/mol. The maximum absolute atomic E-state index is 13.4. The van der Waals surface area contributed by atoms with Gasteiger partial charge in [-0.1, -0.05) is 321 Å². The van der Waals surface area contributed by atoms with Gasteiger partial charge in [0, 0.05) is 6.42 Å². The molecule has 17 unspecified atom stereocenters. The van der Waals surface area contributed by atoms with Crippen molar-refractivity contribution in [2.24, 2.45) is 0 Å². The molecular formula is C76H145NO18. The average molecular weight is 1360 g/mol. The van der Waals surface area contributed by atoms with E-state index in [4.69, 9.17) is 28.4 Å². The number of aliphatic hydroxyl groups is 11. The maximum atomic E-state index is 13.4. The molecule has 95 heavy (non-hydrogen) atoms. The molecule has 3 aliphatic rings. The number of carbonyl (C=O) groups excluding carboxylic acids is 1. The van der Waals surface area contributed by atoms with Gasteiger partial charge in [0.2, 0.25) is 5.91 Å². The van der Waals surface area contributed by atoms with E-state index in [1.165, 1.54) is 263 Å². The molecular weight excluding hydrogens is 1210 g/mol. The summed E-state index contributed by atoms with van der Waals surface area (Å²) in [6.45, 7) is 1.80. The smallest absolute Gasteiger partial charge is 0.220 e. The third kappa shape index (κ3) is 39.0. The van der Waals surface area contributed by atoms with Gasteiger partial charge in [0.15, 0.2) is 18.9 Å². The predicted octanol–water partition coefficient (Wildman–Crippen LogP) is 12.4. The van der Waals surface area contributed by atoms with Crippen LogP contribution in [0.2, 0.25) is 0 Å². The van der Waals surface area contributed by atoms with Crippen LogP contribution in [0.15, 0.2) is 12.2 Å². The van der Waals surface area contributed by atoms with E-state index in [0.717, 1.165) is 44.9 Å². The number of nitrogens with one attached hydrogen (secondary N) is 1. The molecule has 17 atom stereocenters. The summed E-state index contributed by atoms with van der Waals surface area (Å²) >= 11 is 0. The van der Waals surface area contributed by atoms with E-state index in [1.54, 1.807) is 6.08 Å². The number of rotatable bonds is 63. The molecule has 3 saturated heterocycles. The Morgan fingerprint density at radius 3 is 0.989 bits per heavy atom. The molecule has 1 amide bonds. The minimum atomic E-state index is -1.98. The zero-order valence-corrected chi connectivity index (χ0v) is 59.9. The molecule has 562 valence electrons. The van der Waals surface area contributed by atoms with Gasteiger partial charge >= 0.3 is 0 Å². The first-order valence-electron chi connectivity index (χ1n) is 39.4. The molecule has 0 aromatic rings. The van der Waals surface area contributed by atoms with Gasteiger partial charge < -0.3 is 89.9 Å². The molecule has 0 aliphatic carbocycles. The van der Waals surface area contributed by atoms with Crippen LogP contribution in [0.25, 0.3) is 0 Å². The standard InChI is InChI=1S/C76H145NO18/c1-3-5-7-9-11-13-15-17-19-21-23-24-25-26-27-28-29-30-31-32-33-34-36-37-39-41-43-45-47-49-51-53-60(81)59(77-64(82)54-52-50-48-46-44-42-40-38-35-22-20-18-16-14-12-10-8-6-4-2)58-90-74-70(88)67(85)72(62(56-79)92-74)95-76-71(89)68(86)73(63(57-80)93-76)94-75-69(87)66(84)65(83)61(55-78)91-75/h51,53,59-63,65-76,78-81,83-89H,3-50,52,54-58H2,1-2H3,(H,77,82)/b53-51+. The van der Waals surface area contributed by atoms with Crippen molar-refractivity contribution < 1.29 is 89.4 Å². The Balaban J connectivity index is 1.37. The van der Waals surface area contributed by atoms with Crippen LogP contribution in [0.5, 0.6) is 0 Å². The Labute approximate surface area is 576 Å². The third-order valence-electron chi connectivity index (χ3n) is 20.1. The van der Waals surface area contributed by atoms with Crippen LogP contribution in [0.3, 0.4) is 0 Å². The Morgan fingerprint density at radius 2 is 0.653 bits per heavy atom. The van der Waals surface area contributed by atoms with Gasteiger partial charge in [-0.25, -0.2) is 0 Å². The van der Waals surface area contributed by atoms with E-state index >= 15 is 0 Å². The SMILES string of the molecule is CCCCCCCCCCCCCCCCCCCCCCCCCCCCCCC/C=C/C(O)C(COC1OC(CO)C(OC2OC(CO)C(OC3OC(CO)C(O)C(O)C3O)C(O)C2O)C(O)C1O)NC(=O)CCCCCCCCCCCCCCCCCCCCC. The van der Waals surface area contributed by atoms with Crippen LogP contribution in [0.1, 0.15) is 335 Å². The minimum Gasteiger partial charge on any atom is -0.394 e. The van der Waals surface area contributed by atoms with E-state index in [-0.39, 0.29) is 18.9 Å². The molecule has 3 heterocycles. The minimum absolute atomic E-state index is 0.250. The van der Waals surface area contributed by atoms with Gasteiger partial charge in [-0.05, 0) is 19.3 Å². The summed E-state index contributed by atoms with van der Waals surface area (Å²) in [5.41, 5.74) is 0. The Kier molecular flexibility index (Phi) is 53.6. The second kappa shape index (κ2) is 58.1. The lowest BCUT2D eigenvalue weighted by Gasteiger charge is -2.48. The van der Waals surface area contributed by atoms with Crippen molar-refractivity contribution in [2.45, 2.75) is 439 Å². The summed E-state index contributed by atoms with van der Waals surface area (Å²) in [7, 11) is 0. The number of allylic oxidation sites excluding steroid dienone is 1. The molecule has 3 aliphatic heterocycles. The Hall–Kier alpha value is -1.47. The van der Waals surface area contributed by atoms with Crippen molar-refractivity contribution in [3.63, 3.8) is 0 Å². The van der Waals surface area contributed by atoms with Crippen LogP contribution in [-0.2, 0) is 33.2 Å². The molecule has 0 aromatic carbocycles. The fraction of sp³-hybridized carbons (Fsp3) is 0.961. The van der Waals surface area contributed by atoms with E-state index < -0.39 is 124 Å². The summed E-state index contributed by atoms with van der Waals surface area (Å²) in [5.74, 6) is -0.268. The van der Waals surface area contributed by atoms with Gasteiger partial charge in [-0.3, -0.25) is 4.79 Å². The fourth-order valence-corrected chi connectivity index (χ4v) is 13.7. The molecule has 0 bridgehead atoms. The van der Waals surface area contributed by atoms with Crippen molar-refractivity contribution in [1.82, 2.24) is 5.32 Å². The highest BCUT2D eigenvalue weighted by atomic mass is 16.8. The number of ether oxygens (including phenoxy) is 6. The predicted molar refractivity (Wildman–Crippen MR) is 374 cm³/mol. The Bertz CT molecular complexity index is 1770. The van der Waals surface area contributed by atoms with Gasteiger partial charge in [-0.15, -0.1) is 0 Å². The number of aliphatic hydroxyl groups excluding tert-OH is 11. The lowest BCUT2D eigenvalue weighted by molar-refractivity contribution is -0.379. The zero-order valence-electron chi connectivity index (χ0n) is 59.9. The number of hydrogen-bond acceptors (Lipinski definition) is 18. The van der Waals surface area contributed by atoms with Gasteiger partial charge in [-0.2, -0.15) is 0 Å². The topological polar surface area (TPSA) is 307 Å². The summed E-state index contributed by atoms with van der Waals surface area (Å²) in [6, 6.07) is -0.970. The second-order valence-electron chi connectivity index (χ2n) is 28.5. The molecule has 3 rings (SSSR count). The largest absolute Gasteiger partial charge is 0.394 e. The first-order chi connectivity index (χ1) is 46.3. The van der Waals surface area contributed by atoms with Crippen LogP contribution in [0.4, 0.5) is 0 Å². The Morgan fingerprint density at radius 1 is 0.368 bits per heavy atom. The number of carbonyl (C=O) groups is 1. The van der Waals surface area contributed by atoms with Crippen LogP contribution in [-0.4, -0.2) is 193 Å². The first-order valence-corrected chi connectivity index (χ1v) is 39.4. The van der Waals surface area contributed by atoms with Crippen LogP contribution >= 0.6 is 0 Å². The first kappa shape index (κ1) is 87.7. The van der Waals surface area contributed by atoms with Crippen molar-refractivity contribution in [1.29, 1.82) is 0 Å². The molecule has 3 fully saturated rings. The summed E-state index contributed by atoms with van der Waals surface area (Å²) in [4.78, 5) is 13.4. The summed E-state index contributed by atoms with van der Waals surface area (Å²) < 4.78 is 34.4. The third-order valence-corrected chi connectivity index (χ3v) is 20.1. The molecule has 19 nitrogen and oxygen atoms in total. The molecule has 0 spiro atoms. The van der Waals surface area contributed by atoms with Crippen LogP contribution < -0.4 is 5.32 Å². The van der Waals surface area contributed by atoms with E-state index in [9.17, 15) is 61.0 Å². The highest BCUT2D eigenvalue weighted by molar-refractivity contribution is 5.76. The molecule has 19 heteroatoms. The van der Waals surface area contributed by atoms with Crippen molar-refractivity contribution >= 4 is 5.91 Å². The van der Waals surface area contributed by atoms with Crippen molar-refractivity contribution in [3.05, 3.63) is 12.2 Å². The quantitative estimate of drug-likeness (QED) is 0.0199. The summed E-state index contributed by atoms with van der Waals surface area (Å²) in [6.07, 6.45) is 40.6. The number of amides is 1. The average Bonchev–Trinajstić information content (AvgIpc) is 0.787. The highest BCUT2D eigenvalue weighted by Crippen LogP contribution is 2.33. The van der Waals surface area contributed by atoms with Gasteiger partial charge in [0.05, 0.1) is 38.6 Å². The fourth-order valence-electron chi connectivity index (χ4n) is 13.7. The number of hydrogen-bond donors (Lipinski definition) is 12. The molecule has 0 aromatic heterocycles. The summed E-state index contributed by atoms with van der Waals surface area (Å²) in [5, 5.41) is 121. The number of unbranched alkanes of at least 4 members (excludes halogenated alkanes) is 47. The van der Waals surface area contributed by atoms with Gasteiger partial charge in [0.1, 0.15) is 73.2 Å². The molecule has 12 N–H and O–H groups in total. The highest BCUT2D eigenvalue weighted by Gasteiger charge is 2.53. The van der Waals surface area contributed by atoms with E-state index in [0.29, 0.717) is 6.42 Å². The molecule has 0 saturated carbocycles. The van der Waals surface area contributed by atoms with Crippen molar-refractivity contribution in [3.8, 4) is 0 Å². The maximum Gasteiger partial charge on any atom is 0.220 e. The van der Waals surface area contributed by atoms with Crippen LogP contribution in [0, 0.1) is 0 Å². The molecule has 0 radical (unpaired) electrons. The van der Waals surface area contributed by atoms with E-state index in [2.05, 4.69) is 19.2 Å². The lowest BCUT2D eigenvalue weighted by Crippen LogP contribution is -2.66.